The van der Waals surface area contributed by atoms with E-state index in [9.17, 15) is 9.59 Å². The first-order valence-electron chi connectivity index (χ1n) is 13.4. The number of aromatic nitrogens is 2. The fraction of sp³-hybridized carbons (Fsp3) is 0.571. The molecule has 206 valence electrons. The molecule has 38 heavy (non-hydrogen) atoms. The minimum absolute atomic E-state index is 0.121. The van der Waals surface area contributed by atoms with E-state index in [1.165, 1.54) is 0 Å². The number of anilines is 1. The van der Waals surface area contributed by atoms with Gasteiger partial charge in [0.05, 0.1) is 13.2 Å². The smallest absolute Gasteiger partial charge is 0.408 e. The lowest BCUT2D eigenvalue weighted by Crippen LogP contribution is -2.49. The molecule has 2 amide bonds. The summed E-state index contributed by atoms with van der Waals surface area (Å²) < 4.78 is 10.7. The fourth-order valence-electron chi connectivity index (χ4n) is 4.82. The molecule has 0 atom stereocenters. The van der Waals surface area contributed by atoms with E-state index >= 15 is 0 Å². The lowest BCUT2D eigenvalue weighted by Gasteiger charge is -2.40. The Kier molecular flexibility index (Phi) is 9.17. The normalized spacial score (nSPS) is 17.2. The van der Waals surface area contributed by atoms with E-state index < -0.39 is 11.7 Å². The third-order valence-electron chi connectivity index (χ3n) is 6.84. The number of benzene rings is 1. The zero-order valence-corrected chi connectivity index (χ0v) is 23.0. The molecule has 0 saturated carbocycles. The summed E-state index contributed by atoms with van der Waals surface area (Å²) in [5.74, 6) is 0.569. The number of piperidine rings is 1. The molecule has 4 rings (SSSR count). The Morgan fingerprint density at radius 3 is 2.42 bits per heavy atom. The number of nitrogens with one attached hydrogen (secondary N) is 1. The second-order valence-corrected chi connectivity index (χ2v) is 10.9. The molecule has 10 heteroatoms. The molecule has 3 heterocycles. The molecule has 2 aliphatic heterocycles. The van der Waals surface area contributed by atoms with Gasteiger partial charge in [-0.1, -0.05) is 18.2 Å². The third-order valence-corrected chi connectivity index (χ3v) is 6.84. The predicted octanol–water partition coefficient (Wildman–Crippen LogP) is 2.93. The number of nitrogens with zero attached hydrogens (tertiary/aromatic N) is 5. The highest BCUT2D eigenvalue weighted by Crippen LogP contribution is 2.24. The molecule has 0 radical (unpaired) electrons. The van der Waals surface area contributed by atoms with E-state index in [-0.39, 0.29) is 12.5 Å². The molecule has 1 aromatic carbocycles. The van der Waals surface area contributed by atoms with Crippen LogP contribution in [0.5, 0.6) is 0 Å². The van der Waals surface area contributed by atoms with Crippen molar-refractivity contribution in [3.63, 3.8) is 0 Å². The second-order valence-electron chi connectivity index (χ2n) is 10.9. The molecule has 2 fully saturated rings. The van der Waals surface area contributed by atoms with Gasteiger partial charge in [-0.15, -0.1) is 0 Å². The summed E-state index contributed by atoms with van der Waals surface area (Å²) in [4.78, 5) is 40.1. The van der Waals surface area contributed by atoms with Crippen LogP contribution in [0.4, 0.5) is 10.7 Å². The van der Waals surface area contributed by atoms with Crippen molar-refractivity contribution in [3.05, 3.63) is 42.2 Å². The van der Waals surface area contributed by atoms with E-state index in [0.29, 0.717) is 12.6 Å². The van der Waals surface area contributed by atoms with Crippen molar-refractivity contribution in [1.82, 2.24) is 25.1 Å². The summed E-state index contributed by atoms with van der Waals surface area (Å²) in [6.45, 7) is 11.3. The average molecular weight is 525 g/mol. The zero-order chi connectivity index (χ0) is 27.1. The first kappa shape index (κ1) is 27.8. The van der Waals surface area contributed by atoms with Gasteiger partial charge in [-0.25, -0.2) is 14.8 Å². The minimum Gasteiger partial charge on any atom is -0.444 e. The van der Waals surface area contributed by atoms with E-state index in [4.69, 9.17) is 9.47 Å². The van der Waals surface area contributed by atoms with Gasteiger partial charge in [-0.05, 0) is 50.8 Å². The van der Waals surface area contributed by atoms with E-state index in [0.717, 1.165) is 74.9 Å². The Hall–Kier alpha value is -3.24. The van der Waals surface area contributed by atoms with Crippen molar-refractivity contribution in [3.8, 4) is 11.1 Å². The minimum atomic E-state index is -0.610. The van der Waals surface area contributed by atoms with Gasteiger partial charge in [-0.2, -0.15) is 0 Å². The number of carbonyl (C=O) groups is 2. The molecule has 10 nitrogen and oxygen atoms in total. The van der Waals surface area contributed by atoms with Crippen LogP contribution < -0.4 is 10.2 Å². The number of morpholine rings is 1. The van der Waals surface area contributed by atoms with Gasteiger partial charge < -0.3 is 24.6 Å². The molecule has 2 aromatic rings. The van der Waals surface area contributed by atoms with Gasteiger partial charge in [0.1, 0.15) is 12.1 Å². The van der Waals surface area contributed by atoms with Gasteiger partial charge in [0.2, 0.25) is 11.9 Å². The van der Waals surface area contributed by atoms with Gasteiger partial charge in [0.25, 0.3) is 0 Å². The molecule has 1 aromatic heterocycles. The highest BCUT2D eigenvalue weighted by molar-refractivity contribution is 5.82. The summed E-state index contributed by atoms with van der Waals surface area (Å²) in [5, 5.41) is 2.51. The van der Waals surface area contributed by atoms with E-state index in [2.05, 4.69) is 25.1 Å². The van der Waals surface area contributed by atoms with Crippen molar-refractivity contribution in [2.45, 2.75) is 51.8 Å². The monoisotopic (exact) mass is 524 g/mol. The summed E-state index contributed by atoms with van der Waals surface area (Å²) in [5.41, 5.74) is 2.29. The van der Waals surface area contributed by atoms with Crippen LogP contribution in [0.3, 0.4) is 0 Å². The SMILES string of the molecule is CN(Cc1cccc(-c2cnc(N3CCC(N4CCOCC4)CC3)nc2)c1)C(=O)CNC(=O)OC(C)(C)C. The second kappa shape index (κ2) is 12.5. The standard InChI is InChI=1S/C28H40N6O4/c1-28(2,3)38-27(36)31-19-25(35)32(4)20-21-6-5-7-22(16-21)23-17-29-26(30-18-23)34-10-8-24(9-11-34)33-12-14-37-15-13-33/h5-7,16-18,24H,8-15,19-20H2,1-4H3,(H,31,36). The summed E-state index contributed by atoms with van der Waals surface area (Å²) in [6.07, 6.45) is 5.37. The highest BCUT2D eigenvalue weighted by Gasteiger charge is 2.26. The van der Waals surface area contributed by atoms with Crippen molar-refractivity contribution < 1.29 is 19.1 Å². The Bertz CT molecular complexity index is 1070. The Labute approximate surface area is 225 Å². The quantitative estimate of drug-likeness (QED) is 0.590. The first-order chi connectivity index (χ1) is 18.2. The number of ether oxygens (including phenoxy) is 2. The first-order valence-corrected chi connectivity index (χ1v) is 13.4. The third kappa shape index (κ3) is 7.88. The zero-order valence-electron chi connectivity index (χ0n) is 23.0. The highest BCUT2D eigenvalue weighted by atomic mass is 16.6. The molecule has 2 aliphatic rings. The van der Waals surface area contributed by atoms with Gasteiger partial charge >= 0.3 is 6.09 Å². The molecule has 2 saturated heterocycles. The van der Waals surface area contributed by atoms with Crippen LogP contribution >= 0.6 is 0 Å². The molecular weight excluding hydrogens is 484 g/mol. The van der Waals surface area contributed by atoms with Crippen LogP contribution in [0.2, 0.25) is 0 Å². The number of amides is 2. The molecule has 0 bridgehead atoms. The summed E-state index contributed by atoms with van der Waals surface area (Å²) in [7, 11) is 1.71. The van der Waals surface area contributed by atoms with Gasteiger partial charge in [0.15, 0.2) is 0 Å². The number of carbonyl (C=O) groups excluding carboxylic acids is 2. The molecular formula is C28H40N6O4. The average Bonchev–Trinajstić information content (AvgIpc) is 2.91. The number of alkyl carbamates (subject to hydrolysis) is 1. The topological polar surface area (TPSA) is 100 Å². The number of hydrogen-bond acceptors (Lipinski definition) is 8. The number of likely N-dealkylation sites (N-methyl/N-ethyl adjacent to an activating group) is 1. The predicted molar refractivity (Wildman–Crippen MR) is 146 cm³/mol. The maximum atomic E-state index is 12.5. The Morgan fingerprint density at radius 1 is 1.08 bits per heavy atom. The van der Waals surface area contributed by atoms with Crippen LogP contribution in [-0.4, -0.2) is 96.4 Å². The maximum Gasteiger partial charge on any atom is 0.408 e. The number of rotatable bonds is 7. The molecule has 0 aliphatic carbocycles. The molecule has 0 unspecified atom stereocenters. The van der Waals surface area contributed by atoms with Crippen molar-refractivity contribution in [1.29, 1.82) is 0 Å². The van der Waals surface area contributed by atoms with Crippen molar-refractivity contribution in [2.24, 2.45) is 0 Å². The van der Waals surface area contributed by atoms with Crippen LogP contribution in [0.25, 0.3) is 11.1 Å². The van der Waals surface area contributed by atoms with Gasteiger partial charge in [-0.3, -0.25) is 9.69 Å². The van der Waals surface area contributed by atoms with Crippen LogP contribution in [-0.2, 0) is 20.8 Å². The lowest BCUT2D eigenvalue weighted by atomic mass is 10.0. The van der Waals surface area contributed by atoms with Crippen molar-refractivity contribution >= 4 is 17.9 Å². The van der Waals surface area contributed by atoms with Crippen molar-refractivity contribution in [2.75, 3.05) is 57.9 Å². The maximum absolute atomic E-state index is 12.5. The Balaban J connectivity index is 1.28. The van der Waals surface area contributed by atoms with Crippen LogP contribution in [0, 0.1) is 0 Å². The van der Waals surface area contributed by atoms with Crippen LogP contribution in [0.1, 0.15) is 39.2 Å². The lowest BCUT2D eigenvalue weighted by molar-refractivity contribution is -0.129. The fourth-order valence-corrected chi connectivity index (χ4v) is 4.82. The largest absolute Gasteiger partial charge is 0.444 e. The summed E-state index contributed by atoms with van der Waals surface area (Å²) in [6, 6.07) is 8.61. The summed E-state index contributed by atoms with van der Waals surface area (Å²) >= 11 is 0. The van der Waals surface area contributed by atoms with E-state index in [1.807, 2.05) is 36.7 Å². The Morgan fingerprint density at radius 2 is 1.76 bits per heavy atom. The van der Waals surface area contributed by atoms with Crippen LogP contribution in [0.15, 0.2) is 36.7 Å². The van der Waals surface area contributed by atoms with E-state index in [1.54, 1.807) is 32.7 Å². The van der Waals surface area contributed by atoms with Gasteiger partial charge in [0, 0.05) is 63.8 Å². The molecule has 0 spiro atoms. The molecule has 1 N–H and O–H groups in total. The number of hydrogen-bond donors (Lipinski definition) is 1.